The molecular weight excluding hydrogens is 314 g/mol. The Kier molecular flexibility index (Phi) is 3.15. The van der Waals surface area contributed by atoms with E-state index >= 15 is 0 Å². The molecule has 4 rings (SSSR count). The third-order valence-corrected chi connectivity index (χ3v) is 4.44. The summed E-state index contributed by atoms with van der Waals surface area (Å²) in [5.41, 5.74) is 0.145. The molecule has 2 aromatic rings. The molecule has 2 saturated carbocycles. The molecule has 2 aliphatic rings. The number of hydrogen-bond donors (Lipinski definition) is 0. The maximum atomic E-state index is 14.2. The summed E-state index contributed by atoms with van der Waals surface area (Å²) in [6, 6.07) is 0.471. The Hall–Kier alpha value is -1.20. The molecule has 110 valence electrons. The van der Waals surface area contributed by atoms with Crippen molar-refractivity contribution in [1.82, 2.24) is 15.0 Å². The summed E-state index contributed by atoms with van der Waals surface area (Å²) in [5.74, 6) is 0.754. The summed E-state index contributed by atoms with van der Waals surface area (Å²) in [7, 11) is 0. The van der Waals surface area contributed by atoms with E-state index < -0.39 is 5.82 Å². The van der Waals surface area contributed by atoms with Crippen molar-refractivity contribution in [3.8, 4) is 0 Å². The molecule has 0 radical (unpaired) electrons. The first-order valence-corrected chi connectivity index (χ1v) is 7.83. The highest BCUT2D eigenvalue weighted by Gasteiger charge is 2.35. The molecule has 0 saturated heterocycles. The van der Waals surface area contributed by atoms with Crippen LogP contribution in [-0.2, 0) is 0 Å². The van der Waals surface area contributed by atoms with E-state index in [2.05, 4.69) is 19.9 Å². The van der Waals surface area contributed by atoms with Crippen LogP contribution in [0.1, 0.15) is 25.7 Å². The summed E-state index contributed by atoms with van der Waals surface area (Å²) in [6.07, 6.45) is 6.31. The lowest BCUT2D eigenvalue weighted by Crippen LogP contribution is -2.29. The van der Waals surface area contributed by atoms with Gasteiger partial charge >= 0.3 is 0 Å². The number of halogens is 3. The average Bonchev–Trinajstić information content (AvgIpc) is 3.33. The van der Waals surface area contributed by atoms with Crippen molar-refractivity contribution in [1.29, 1.82) is 0 Å². The molecule has 0 unspecified atom stereocenters. The lowest BCUT2D eigenvalue weighted by Gasteiger charge is -2.24. The Labute approximate surface area is 131 Å². The summed E-state index contributed by atoms with van der Waals surface area (Å²) in [5, 5.41) is 0.428. The highest BCUT2D eigenvalue weighted by Crippen LogP contribution is 2.39. The molecule has 2 heterocycles. The van der Waals surface area contributed by atoms with Gasteiger partial charge in [0.2, 0.25) is 5.28 Å². The lowest BCUT2D eigenvalue weighted by atomic mass is 10.2. The molecule has 2 aliphatic carbocycles. The van der Waals surface area contributed by atoms with Gasteiger partial charge in [0.05, 0.1) is 5.39 Å². The minimum absolute atomic E-state index is 0.0418. The Balaban J connectivity index is 1.87. The Morgan fingerprint density at radius 3 is 2.62 bits per heavy atom. The number of hydrogen-bond acceptors (Lipinski definition) is 4. The number of aromatic nitrogens is 3. The molecule has 4 nitrogen and oxygen atoms in total. The zero-order valence-corrected chi connectivity index (χ0v) is 12.7. The van der Waals surface area contributed by atoms with Gasteiger partial charge in [-0.05, 0) is 43.2 Å². The van der Waals surface area contributed by atoms with Crippen LogP contribution in [0.2, 0.25) is 10.4 Å². The van der Waals surface area contributed by atoms with Crippen molar-refractivity contribution in [3.63, 3.8) is 0 Å². The normalized spacial score (nSPS) is 18.2. The smallest absolute Gasteiger partial charge is 0.225 e. The molecule has 21 heavy (non-hydrogen) atoms. The average molecular weight is 327 g/mol. The van der Waals surface area contributed by atoms with Crippen LogP contribution in [0.15, 0.2) is 6.20 Å². The van der Waals surface area contributed by atoms with Gasteiger partial charge in [0, 0.05) is 18.8 Å². The van der Waals surface area contributed by atoms with Crippen LogP contribution in [0.25, 0.3) is 10.9 Å². The standard InChI is InChI=1S/C14H13Cl2FN4/c15-12-10(17)11-9(5-18-12)13(20-14(16)19-11)21(8-3-4-8)6-7-1-2-7/h5,7-8H,1-4,6H2. The van der Waals surface area contributed by atoms with Crippen LogP contribution in [0.5, 0.6) is 0 Å². The van der Waals surface area contributed by atoms with Crippen LogP contribution in [0.3, 0.4) is 0 Å². The van der Waals surface area contributed by atoms with Crippen LogP contribution in [0.4, 0.5) is 10.2 Å². The molecule has 0 aromatic carbocycles. The van der Waals surface area contributed by atoms with E-state index in [9.17, 15) is 4.39 Å². The van der Waals surface area contributed by atoms with E-state index in [1.54, 1.807) is 0 Å². The van der Waals surface area contributed by atoms with Gasteiger partial charge in [-0.1, -0.05) is 11.6 Å². The van der Waals surface area contributed by atoms with Crippen LogP contribution < -0.4 is 4.90 Å². The maximum Gasteiger partial charge on any atom is 0.225 e. The first-order chi connectivity index (χ1) is 10.1. The third-order valence-electron chi connectivity index (χ3n) is 4.01. The van der Waals surface area contributed by atoms with Crippen molar-refractivity contribution in [2.45, 2.75) is 31.7 Å². The third kappa shape index (κ3) is 2.53. The predicted molar refractivity (Wildman–Crippen MR) is 80.4 cm³/mol. The van der Waals surface area contributed by atoms with E-state index in [1.807, 2.05) is 0 Å². The fourth-order valence-electron chi connectivity index (χ4n) is 2.59. The molecule has 0 spiro atoms. The predicted octanol–water partition coefficient (Wildman–Crippen LogP) is 3.85. The first kappa shape index (κ1) is 13.5. The molecule has 0 atom stereocenters. The zero-order chi connectivity index (χ0) is 14.6. The van der Waals surface area contributed by atoms with Gasteiger partial charge in [-0.25, -0.2) is 14.4 Å². The summed E-state index contributed by atoms with van der Waals surface area (Å²) < 4.78 is 14.2. The largest absolute Gasteiger partial charge is 0.353 e. The van der Waals surface area contributed by atoms with Crippen molar-refractivity contribution >= 4 is 39.9 Å². The first-order valence-electron chi connectivity index (χ1n) is 7.07. The van der Waals surface area contributed by atoms with E-state index in [0.717, 1.165) is 19.4 Å². The van der Waals surface area contributed by atoms with Crippen LogP contribution in [0, 0.1) is 11.7 Å². The lowest BCUT2D eigenvalue weighted by molar-refractivity contribution is 0.630. The zero-order valence-electron chi connectivity index (χ0n) is 11.2. The second kappa shape index (κ2) is 4.92. The van der Waals surface area contributed by atoms with Crippen molar-refractivity contribution < 1.29 is 4.39 Å². The highest BCUT2D eigenvalue weighted by molar-refractivity contribution is 6.30. The van der Waals surface area contributed by atoms with Gasteiger partial charge in [0.15, 0.2) is 11.0 Å². The highest BCUT2D eigenvalue weighted by atomic mass is 35.5. The number of nitrogens with zero attached hydrogens (tertiary/aromatic N) is 4. The molecule has 2 fully saturated rings. The quantitative estimate of drug-likeness (QED) is 0.632. The molecule has 7 heteroatoms. The number of anilines is 1. The molecular formula is C14H13Cl2FN4. The minimum atomic E-state index is -0.637. The van der Waals surface area contributed by atoms with E-state index in [4.69, 9.17) is 23.2 Å². The number of rotatable bonds is 4. The van der Waals surface area contributed by atoms with Gasteiger partial charge in [-0.3, -0.25) is 0 Å². The summed E-state index contributed by atoms with van der Waals surface area (Å²) in [6.45, 7) is 0.942. The van der Waals surface area contributed by atoms with Crippen LogP contribution >= 0.6 is 23.2 Å². The van der Waals surface area contributed by atoms with Crippen LogP contribution in [-0.4, -0.2) is 27.5 Å². The molecule has 0 bridgehead atoms. The van der Waals surface area contributed by atoms with Crippen molar-refractivity contribution in [3.05, 3.63) is 22.5 Å². The van der Waals surface area contributed by atoms with E-state index in [0.29, 0.717) is 23.2 Å². The SMILES string of the molecule is Fc1c(Cl)ncc2c(N(CC3CC3)C3CC3)nc(Cl)nc12. The fourth-order valence-corrected chi connectivity index (χ4v) is 2.89. The summed E-state index contributed by atoms with van der Waals surface area (Å²) >= 11 is 11.7. The maximum absolute atomic E-state index is 14.2. The Bertz CT molecular complexity index is 716. The minimum Gasteiger partial charge on any atom is -0.353 e. The fraction of sp³-hybridized carbons (Fsp3) is 0.500. The second-order valence-electron chi connectivity index (χ2n) is 5.77. The summed E-state index contributed by atoms with van der Waals surface area (Å²) in [4.78, 5) is 14.5. The second-order valence-corrected chi connectivity index (χ2v) is 6.46. The Morgan fingerprint density at radius 1 is 1.19 bits per heavy atom. The topological polar surface area (TPSA) is 41.9 Å². The molecule has 0 N–H and O–H groups in total. The monoisotopic (exact) mass is 326 g/mol. The Morgan fingerprint density at radius 2 is 1.95 bits per heavy atom. The number of pyridine rings is 1. The van der Waals surface area contributed by atoms with Gasteiger partial charge < -0.3 is 4.90 Å². The molecule has 0 aliphatic heterocycles. The van der Waals surface area contributed by atoms with Crippen molar-refractivity contribution in [2.24, 2.45) is 5.92 Å². The van der Waals surface area contributed by atoms with Crippen molar-refractivity contribution in [2.75, 3.05) is 11.4 Å². The van der Waals surface area contributed by atoms with Gasteiger partial charge in [0.25, 0.3) is 0 Å². The van der Waals surface area contributed by atoms with E-state index in [1.165, 1.54) is 19.0 Å². The van der Waals surface area contributed by atoms with E-state index in [-0.39, 0.29) is 16.0 Å². The molecule has 0 amide bonds. The van der Waals surface area contributed by atoms with Gasteiger partial charge in [0.1, 0.15) is 11.3 Å². The van der Waals surface area contributed by atoms with Gasteiger partial charge in [-0.15, -0.1) is 0 Å². The molecule has 2 aromatic heterocycles. The number of fused-ring (bicyclic) bond motifs is 1. The van der Waals surface area contributed by atoms with Gasteiger partial charge in [-0.2, -0.15) is 4.98 Å².